The second kappa shape index (κ2) is 9.60. The average molecular weight is 544 g/mol. The summed E-state index contributed by atoms with van der Waals surface area (Å²) in [7, 11) is -4.37. The van der Waals surface area contributed by atoms with E-state index in [0.717, 1.165) is 18.4 Å². The number of sulfonamides is 1. The van der Waals surface area contributed by atoms with E-state index < -0.39 is 50.7 Å². The van der Waals surface area contributed by atoms with E-state index in [1.807, 2.05) is 4.90 Å². The number of nitrogens with one attached hydrogen (secondary N) is 1. The topological polar surface area (TPSA) is 84.7 Å². The highest BCUT2D eigenvalue weighted by molar-refractivity contribution is 7.92. The van der Waals surface area contributed by atoms with E-state index in [1.54, 1.807) is 0 Å². The summed E-state index contributed by atoms with van der Waals surface area (Å²) in [6, 6.07) is 7.42. The van der Waals surface area contributed by atoms with Crippen molar-refractivity contribution in [2.75, 3.05) is 17.9 Å². The lowest BCUT2D eigenvalue weighted by Gasteiger charge is -2.46. The SMILES string of the molecule is O=S(=O)(Nc1ccon1)c1cc2c(cc1F)[C@@H](N1CC[C@@H](C(F)(F)F)C[C@H]1c1ccc(F)cc1)CCO2. The largest absolute Gasteiger partial charge is 0.493 e. The Hall–Kier alpha value is -3.19. The second-order valence-electron chi connectivity index (χ2n) is 9.03. The van der Waals surface area contributed by atoms with Gasteiger partial charge in [-0.2, -0.15) is 13.2 Å². The summed E-state index contributed by atoms with van der Waals surface area (Å²) < 4.78 is 107. The zero-order valence-electron chi connectivity index (χ0n) is 19.2. The van der Waals surface area contributed by atoms with Crippen LogP contribution in [0.5, 0.6) is 5.75 Å². The Morgan fingerprint density at radius 2 is 1.78 bits per heavy atom. The maximum absolute atomic E-state index is 15.2. The summed E-state index contributed by atoms with van der Waals surface area (Å²) in [4.78, 5) is 1.18. The van der Waals surface area contributed by atoms with Crippen LogP contribution in [0.15, 0.2) is 58.1 Å². The van der Waals surface area contributed by atoms with Gasteiger partial charge in [0.05, 0.1) is 12.5 Å². The predicted molar refractivity (Wildman–Crippen MR) is 121 cm³/mol. The first kappa shape index (κ1) is 25.5. The Labute approximate surface area is 209 Å². The second-order valence-corrected chi connectivity index (χ2v) is 10.7. The predicted octanol–water partition coefficient (Wildman–Crippen LogP) is 5.59. The summed E-state index contributed by atoms with van der Waals surface area (Å²) >= 11 is 0. The molecule has 2 aliphatic heterocycles. The molecule has 3 aromatic rings. The number of benzene rings is 2. The minimum absolute atomic E-state index is 0.0612. The number of hydrogen-bond acceptors (Lipinski definition) is 6. The molecule has 0 radical (unpaired) electrons. The van der Waals surface area contributed by atoms with Crippen molar-refractivity contribution < 1.29 is 39.6 Å². The number of likely N-dealkylation sites (tertiary alicyclic amines) is 1. The molecule has 1 fully saturated rings. The highest BCUT2D eigenvalue weighted by atomic mass is 32.2. The van der Waals surface area contributed by atoms with Crippen molar-refractivity contribution >= 4 is 15.8 Å². The smallest absolute Gasteiger partial charge is 0.391 e. The van der Waals surface area contributed by atoms with Crippen LogP contribution in [-0.2, 0) is 10.0 Å². The van der Waals surface area contributed by atoms with Gasteiger partial charge in [-0.15, -0.1) is 0 Å². The molecule has 0 spiro atoms. The highest BCUT2D eigenvalue weighted by Gasteiger charge is 2.46. The number of fused-ring (bicyclic) bond motifs is 1. The van der Waals surface area contributed by atoms with E-state index in [9.17, 15) is 26.0 Å². The van der Waals surface area contributed by atoms with Crippen LogP contribution in [0.2, 0.25) is 0 Å². The van der Waals surface area contributed by atoms with Crippen LogP contribution in [0, 0.1) is 17.6 Å². The van der Waals surface area contributed by atoms with E-state index in [2.05, 4.69) is 14.4 Å². The molecule has 0 bridgehead atoms. The zero-order chi connectivity index (χ0) is 26.4. The van der Waals surface area contributed by atoms with E-state index in [4.69, 9.17) is 4.74 Å². The van der Waals surface area contributed by atoms with Gasteiger partial charge in [0.25, 0.3) is 10.0 Å². The summed E-state index contributed by atoms with van der Waals surface area (Å²) in [5.74, 6) is -3.11. The lowest BCUT2D eigenvalue weighted by molar-refractivity contribution is -0.192. The van der Waals surface area contributed by atoms with Crippen molar-refractivity contribution in [1.29, 1.82) is 0 Å². The minimum atomic E-state index is -4.38. The van der Waals surface area contributed by atoms with Crippen molar-refractivity contribution in [3.05, 3.63) is 71.5 Å². The van der Waals surface area contributed by atoms with Crippen LogP contribution in [0.3, 0.4) is 0 Å². The zero-order valence-corrected chi connectivity index (χ0v) is 20.0. The fourth-order valence-corrected chi connectivity index (χ4v) is 6.11. The molecule has 3 atom stereocenters. The fourth-order valence-electron chi connectivity index (χ4n) is 5.05. The van der Waals surface area contributed by atoms with Crippen LogP contribution < -0.4 is 9.46 Å². The van der Waals surface area contributed by atoms with Crippen molar-refractivity contribution in [2.24, 2.45) is 5.92 Å². The molecule has 7 nitrogen and oxygen atoms in total. The molecule has 1 N–H and O–H groups in total. The number of hydrogen-bond donors (Lipinski definition) is 1. The van der Waals surface area contributed by atoms with Gasteiger partial charge in [0.1, 0.15) is 28.5 Å². The average Bonchev–Trinajstić information content (AvgIpc) is 3.35. The van der Waals surface area contributed by atoms with Gasteiger partial charge in [-0.25, -0.2) is 17.2 Å². The number of anilines is 1. The van der Waals surface area contributed by atoms with E-state index in [1.165, 1.54) is 30.3 Å². The van der Waals surface area contributed by atoms with E-state index in [-0.39, 0.29) is 37.6 Å². The molecule has 198 valence electrons. The quantitative estimate of drug-likeness (QED) is 0.423. The molecule has 2 aliphatic rings. The number of nitrogens with zero attached hydrogens (tertiary/aromatic N) is 2. The Bertz CT molecular complexity index is 1360. The number of rotatable bonds is 5. The van der Waals surface area contributed by atoms with Gasteiger partial charge in [-0.1, -0.05) is 17.3 Å². The lowest BCUT2D eigenvalue weighted by atomic mass is 9.84. The molecule has 0 aliphatic carbocycles. The molecular formula is C24H22F5N3O4S. The molecule has 0 unspecified atom stereocenters. The van der Waals surface area contributed by atoms with Crippen LogP contribution in [-0.4, -0.2) is 37.8 Å². The first-order chi connectivity index (χ1) is 17.5. The van der Waals surface area contributed by atoms with Gasteiger partial charge in [0.15, 0.2) is 5.82 Å². The monoisotopic (exact) mass is 543 g/mol. The third-order valence-corrected chi connectivity index (χ3v) is 8.17. The van der Waals surface area contributed by atoms with Gasteiger partial charge in [0.2, 0.25) is 0 Å². The van der Waals surface area contributed by atoms with E-state index in [0.29, 0.717) is 17.5 Å². The van der Waals surface area contributed by atoms with Crippen molar-refractivity contribution in [3.63, 3.8) is 0 Å². The summed E-state index contributed by atoms with van der Waals surface area (Å²) in [5.41, 5.74) is 0.849. The molecule has 0 amide bonds. The number of halogens is 5. The molecule has 13 heteroatoms. The molecule has 3 heterocycles. The van der Waals surface area contributed by atoms with Crippen LogP contribution in [0.4, 0.5) is 27.8 Å². The molecular weight excluding hydrogens is 521 g/mol. The Balaban J connectivity index is 1.50. The third kappa shape index (κ3) is 5.14. The Morgan fingerprint density at radius 1 is 1.03 bits per heavy atom. The van der Waals surface area contributed by atoms with Crippen LogP contribution in [0.1, 0.15) is 42.5 Å². The molecule has 2 aromatic carbocycles. The standard InChI is InChI=1S/C24H22F5N3O4S/c25-16-3-1-14(2-4-16)20-11-15(24(27,28)29)5-8-32(20)19-6-9-35-21-13-22(18(26)12-17(19)21)37(33,34)31-23-7-10-36-30-23/h1-4,7,10,12-13,15,19-20H,5-6,8-9,11H2,(H,30,31)/t15-,19+,20+/m1/s1. The summed E-state index contributed by atoms with van der Waals surface area (Å²) in [6.07, 6.45) is -3.27. The van der Waals surface area contributed by atoms with Gasteiger partial charge >= 0.3 is 6.18 Å². The van der Waals surface area contributed by atoms with Crippen molar-refractivity contribution in [1.82, 2.24) is 10.1 Å². The molecule has 5 rings (SSSR count). The lowest BCUT2D eigenvalue weighted by Crippen LogP contribution is -2.44. The van der Waals surface area contributed by atoms with Gasteiger partial charge in [-0.3, -0.25) is 9.62 Å². The highest BCUT2D eigenvalue weighted by Crippen LogP contribution is 2.48. The number of ether oxygens (including phenoxy) is 1. The minimum Gasteiger partial charge on any atom is -0.493 e. The van der Waals surface area contributed by atoms with Crippen molar-refractivity contribution in [3.8, 4) is 5.75 Å². The molecule has 1 saturated heterocycles. The maximum atomic E-state index is 15.2. The fraction of sp³-hybridized carbons (Fsp3) is 0.375. The molecule has 0 saturated carbocycles. The first-order valence-corrected chi connectivity index (χ1v) is 13.0. The van der Waals surface area contributed by atoms with E-state index >= 15 is 4.39 Å². The summed E-state index contributed by atoms with van der Waals surface area (Å²) in [5, 5.41) is 3.45. The Kier molecular flexibility index (Phi) is 6.61. The van der Waals surface area contributed by atoms with Gasteiger partial charge in [0, 0.05) is 36.2 Å². The van der Waals surface area contributed by atoms with Crippen LogP contribution in [0.25, 0.3) is 0 Å². The van der Waals surface area contributed by atoms with Gasteiger partial charge in [-0.05, 0) is 43.1 Å². The van der Waals surface area contributed by atoms with Crippen molar-refractivity contribution in [2.45, 2.75) is 42.4 Å². The number of piperidine rings is 1. The number of alkyl halides is 3. The van der Waals surface area contributed by atoms with Crippen LogP contribution >= 0.6 is 0 Å². The third-order valence-electron chi connectivity index (χ3n) is 6.80. The first-order valence-electron chi connectivity index (χ1n) is 11.5. The number of aromatic nitrogens is 1. The molecule has 1 aromatic heterocycles. The maximum Gasteiger partial charge on any atom is 0.391 e. The Morgan fingerprint density at radius 3 is 2.46 bits per heavy atom. The molecule has 37 heavy (non-hydrogen) atoms. The van der Waals surface area contributed by atoms with Gasteiger partial charge < -0.3 is 9.26 Å². The summed E-state index contributed by atoms with van der Waals surface area (Å²) in [6.45, 7) is 0.209. The normalized spacial score (nSPS) is 22.8.